The molecule has 1 aromatic rings. The Labute approximate surface area is 125 Å². The normalized spacial score (nSPS) is 13.8. The maximum Gasteiger partial charge on any atom is 0.305 e. The molecule has 7 nitrogen and oxygen atoms in total. The Kier molecular flexibility index (Phi) is 4.42. The Morgan fingerprint density at radius 3 is 2.62 bits per heavy atom. The Balaban J connectivity index is 2.28. The number of amides is 1. The van der Waals surface area contributed by atoms with Crippen molar-refractivity contribution in [3.05, 3.63) is 38.9 Å². The highest BCUT2D eigenvalue weighted by atomic mass is 35.5. The summed E-state index contributed by atoms with van der Waals surface area (Å²) in [6, 6.07) is 3.80. The predicted octanol–water partition coefficient (Wildman–Crippen LogP) is 2.33. The molecular weight excluding hydrogens is 300 g/mol. The second-order valence-corrected chi connectivity index (χ2v) is 5.23. The van der Waals surface area contributed by atoms with E-state index in [2.05, 4.69) is 0 Å². The number of nitro groups is 1. The first-order chi connectivity index (χ1) is 9.90. The topological polar surface area (TPSA) is 101 Å². The van der Waals surface area contributed by atoms with Gasteiger partial charge in [-0.1, -0.05) is 11.6 Å². The Hall–Kier alpha value is -2.15. The second-order valence-electron chi connectivity index (χ2n) is 4.79. The Morgan fingerprint density at radius 1 is 1.43 bits per heavy atom. The molecule has 1 amide bonds. The van der Waals surface area contributed by atoms with Crippen molar-refractivity contribution in [1.29, 1.82) is 0 Å². The van der Waals surface area contributed by atoms with Gasteiger partial charge in [0.05, 0.1) is 11.3 Å². The minimum atomic E-state index is -1.01. The summed E-state index contributed by atoms with van der Waals surface area (Å²) in [5, 5.41) is 19.9. The number of benzene rings is 1. The molecule has 112 valence electrons. The number of nitrogens with zero attached hydrogens (tertiary/aromatic N) is 2. The molecule has 0 aromatic heterocycles. The number of halogens is 1. The summed E-state index contributed by atoms with van der Waals surface area (Å²) in [4.78, 5) is 34.9. The van der Waals surface area contributed by atoms with Crippen molar-refractivity contribution in [3.8, 4) is 0 Å². The third kappa shape index (κ3) is 3.69. The van der Waals surface area contributed by atoms with Gasteiger partial charge < -0.3 is 10.0 Å². The highest BCUT2D eigenvalue weighted by molar-refractivity contribution is 6.31. The molecule has 0 unspecified atom stereocenters. The molecule has 21 heavy (non-hydrogen) atoms. The molecule has 0 atom stereocenters. The molecule has 1 saturated carbocycles. The lowest BCUT2D eigenvalue weighted by atomic mass is 10.1. The Morgan fingerprint density at radius 2 is 2.10 bits per heavy atom. The largest absolute Gasteiger partial charge is 0.481 e. The molecule has 1 N–H and O–H groups in total. The minimum absolute atomic E-state index is 0.0351. The number of nitro benzene ring substituents is 1. The van der Waals surface area contributed by atoms with E-state index < -0.39 is 16.8 Å². The van der Waals surface area contributed by atoms with Crippen molar-refractivity contribution in [2.45, 2.75) is 25.3 Å². The van der Waals surface area contributed by atoms with E-state index in [0.717, 1.165) is 18.9 Å². The van der Waals surface area contributed by atoms with Gasteiger partial charge in [-0.15, -0.1) is 0 Å². The van der Waals surface area contributed by atoms with Crippen LogP contribution in [0.2, 0.25) is 5.02 Å². The molecule has 2 rings (SSSR count). The average molecular weight is 313 g/mol. The summed E-state index contributed by atoms with van der Waals surface area (Å²) in [5.74, 6) is -1.54. The molecule has 0 heterocycles. The fourth-order valence-corrected chi connectivity index (χ4v) is 2.21. The number of hydrogen-bond donors (Lipinski definition) is 1. The zero-order valence-corrected chi connectivity index (χ0v) is 11.7. The summed E-state index contributed by atoms with van der Waals surface area (Å²) in [5.41, 5.74) is -0.435. The summed E-state index contributed by atoms with van der Waals surface area (Å²) in [6.45, 7) is 0.0403. The van der Waals surface area contributed by atoms with E-state index in [9.17, 15) is 19.7 Å². The molecular formula is C13H13ClN2O5. The maximum absolute atomic E-state index is 12.5. The fraction of sp³-hybridized carbons (Fsp3) is 0.385. The van der Waals surface area contributed by atoms with Crippen LogP contribution >= 0.6 is 11.6 Å². The molecule has 0 bridgehead atoms. The monoisotopic (exact) mass is 312 g/mol. The molecule has 8 heteroatoms. The highest BCUT2D eigenvalue weighted by Gasteiger charge is 2.35. The quantitative estimate of drug-likeness (QED) is 0.641. The zero-order valence-electron chi connectivity index (χ0n) is 11.0. The van der Waals surface area contributed by atoms with Gasteiger partial charge in [-0.25, -0.2) is 0 Å². The lowest BCUT2D eigenvalue weighted by molar-refractivity contribution is -0.385. The maximum atomic E-state index is 12.5. The molecule has 1 aromatic carbocycles. The van der Waals surface area contributed by atoms with Crippen molar-refractivity contribution < 1.29 is 19.6 Å². The van der Waals surface area contributed by atoms with Crippen molar-refractivity contribution in [1.82, 2.24) is 4.90 Å². The first-order valence-electron chi connectivity index (χ1n) is 6.37. The number of carbonyl (C=O) groups is 2. The van der Waals surface area contributed by atoms with Gasteiger partial charge in [0.25, 0.3) is 11.6 Å². The lowest BCUT2D eigenvalue weighted by Crippen LogP contribution is -2.35. The van der Waals surface area contributed by atoms with Crippen LogP contribution in [-0.2, 0) is 4.79 Å². The smallest absolute Gasteiger partial charge is 0.305 e. The summed E-state index contributed by atoms with van der Waals surface area (Å²) in [6.07, 6.45) is 1.38. The van der Waals surface area contributed by atoms with Crippen molar-refractivity contribution in [2.24, 2.45) is 0 Å². The van der Waals surface area contributed by atoms with Crippen LogP contribution in [-0.4, -0.2) is 39.4 Å². The van der Waals surface area contributed by atoms with Gasteiger partial charge in [0, 0.05) is 23.7 Å². The standard InChI is InChI=1S/C13H13ClN2O5/c14-8-1-4-10(11(7-8)16(20)21)13(19)15(9-2-3-9)6-5-12(17)18/h1,4,7,9H,2-3,5-6H2,(H,17,18). The second kappa shape index (κ2) is 6.09. The van der Waals surface area contributed by atoms with Gasteiger partial charge in [0.1, 0.15) is 5.56 Å². The average Bonchev–Trinajstić information content (AvgIpc) is 3.22. The van der Waals surface area contributed by atoms with Crippen LogP contribution in [0, 0.1) is 10.1 Å². The van der Waals surface area contributed by atoms with Gasteiger partial charge in [-0.05, 0) is 25.0 Å². The number of aliphatic carboxylic acids is 1. The van der Waals surface area contributed by atoms with Crippen molar-refractivity contribution in [2.75, 3.05) is 6.54 Å². The van der Waals surface area contributed by atoms with Gasteiger partial charge in [0.15, 0.2) is 0 Å². The van der Waals surface area contributed by atoms with Crippen LogP contribution in [0.15, 0.2) is 18.2 Å². The van der Waals surface area contributed by atoms with E-state index in [4.69, 9.17) is 16.7 Å². The number of carboxylic acid groups (broad SMARTS) is 1. The van der Waals surface area contributed by atoms with Gasteiger partial charge in [-0.2, -0.15) is 0 Å². The van der Waals surface area contributed by atoms with Crippen molar-refractivity contribution in [3.63, 3.8) is 0 Å². The Bertz CT molecular complexity index is 600. The van der Waals surface area contributed by atoms with Crippen LogP contribution in [0.4, 0.5) is 5.69 Å². The van der Waals surface area contributed by atoms with Gasteiger partial charge in [-0.3, -0.25) is 19.7 Å². The minimum Gasteiger partial charge on any atom is -0.481 e. The van der Waals surface area contributed by atoms with Gasteiger partial charge >= 0.3 is 5.97 Å². The lowest BCUT2D eigenvalue weighted by Gasteiger charge is -2.21. The van der Waals surface area contributed by atoms with E-state index >= 15 is 0 Å². The molecule has 0 aliphatic heterocycles. The van der Waals surface area contributed by atoms with E-state index in [0.29, 0.717) is 0 Å². The first-order valence-corrected chi connectivity index (χ1v) is 6.74. The predicted molar refractivity (Wildman–Crippen MR) is 74.4 cm³/mol. The van der Waals surface area contributed by atoms with E-state index in [1.165, 1.54) is 17.0 Å². The molecule has 1 aliphatic rings. The van der Waals surface area contributed by atoms with Crippen LogP contribution in [0.25, 0.3) is 0 Å². The third-order valence-corrected chi connectivity index (χ3v) is 3.44. The van der Waals surface area contributed by atoms with Crippen LogP contribution in [0.1, 0.15) is 29.6 Å². The van der Waals surface area contributed by atoms with Gasteiger partial charge in [0.2, 0.25) is 0 Å². The summed E-state index contributed by atoms with van der Waals surface area (Å²) < 4.78 is 0. The van der Waals surface area contributed by atoms with Crippen LogP contribution < -0.4 is 0 Å². The summed E-state index contributed by atoms with van der Waals surface area (Å²) >= 11 is 5.72. The third-order valence-electron chi connectivity index (χ3n) is 3.20. The summed E-state index contributed by atoms with van der Waals surface area (Å²) in [7, 11) is 0. The zero-order chi connectivity index (χ0) is 15.6. The van der Waals surface area contributed by atoms with E-state index in [-0.39, 0.29) is 35.3 Å². The van der Waals surface area contributed by atoms with E-state index in [1.807, 2.05) is 0 Å². The molecule has 0 saturated heterocycles. The van der Waals surface area contributed by atoms with E-state index in [1.54, 1.807) is 0 Å². The number of carboxylic acids is 1. The molecule has 0 spiro atoms. The van der Waals surface area contributed by atoms with Crippen LogP contribution in [0.3, 0.4) is 0 Å². The molecule has 1 aliphatic carbocycles. The first kappa shape index (κ1) is 15.2. The SMILES string of the molecule is O=C(O)CCN(C(=O)c1ccc(Cl)cc1[N+](=O)[O-])C1CC1. The highest BCUT2D eigenvalue weighted by Crippen LogP contribution is 2.31. The number of rotatable bonds is 6. The number of hydrogen-bond acceptors (Lipinski definition) is 4. The fourth-order valence-electron chi connectivity index (χ4n) is 2.04. The molecule has 1 fully saturated rings. The van der Waals surface area contributed by atoms with Crippen LogP contribution in [0.5, 0.6) is 0 Å². The number of carbonyl (C=O) groups excluding carboxylic acids is 1. The molecule has 0 radical (unpaired) electrons. The van der Waals surface area contributed by atoms with Crippen molar-refractivity contribution >= 4 is 29.2 Å².